The molecular formula is C12H12F12O2. The molecule has 0 aliphatic carbocycles. The van der Waals surface area contributed by atoms with Gasteiger partial charge in [0, 0.05) is 0 Å². The number of ether oxygens (including phenoxy) is 1. The van der Waals surface area contributed by atoms with E-state index in [0.717, 1.165) is 6.92 Å². The first kappa shape index (κ1) is 24.6. The number of carbonyl (C=O) groups excluding carboxylic acids is 1. The molecule has 0 bridgehead atoms. The van der Waals surface area contributed by atoms with Crippen LogP contribution >= 0.6 is 0 Å². The lowest BCUT2D eigenvalue weighted by Gasteiger charge is -2.33. The van der Waals surface area contributed by atoms with Gasteiger partial charge >= 0.3 is 35.8 Å². The molecule has 0 heterocycles. The molecule has 0 saturated heterocycles. The maximum absolute atomic E-state index is 13.4. The van der Waals surface area contributed by atoms with Crippen molar-refractivity contribution >= 4 is 5.97 Å². The van der Waals surface area contributed by atoms with Crippen molar-refractivity contribution < 1.29 is 62.2 Å². The molecule has 2 nitrogen and oxygen atoms in total. The number of carbonyl (C=O) groups is 1. The van der Waals surface area contributed by atoms with Crippen molar-refractivity contribution in [2.75, 3.05) is 6.61 Å². The second-order valence-corrected chi connectivity index (χ2v) is 5.49. The van der Waals surface area contributed by atoms with E-state index in [0.29, 0.717) is 6.92 Å². The van der Waals surface area contributed by atoms with Crippen LogP contribution < -0.4 is 0 Å². The first-order chi connectivity index (χ1) is 11.1. The fraction of sp³-hybridized carbons (Fsp3) is 0.917. The van der Waals surface area contributed by atoms with Gasteiger partial charge in [-0.2, -0.15) is 48.3 Å². The molecule has 0 aromatic carbocycles. The summed E-state index contributed by atoms with van der Waals surface area (Å²) in [5, 5.41) is 0. The highest BCUT2D eigenvalue weighted by molar-refractivity contribution is 5.78. The van der Waals surface area contributed by atoms with Crippen LogP contribution in [0, 0.1) is 0 Å². The first-order valence-corrected chi connectivity index (χ1v) is 6.59. The van der Waals surface area contributed by atoms with E-state index in [-0.39, 0.29) is 0 Å². The summed E-state index contributed by atoms with van der Waals surface area (Å²) in [6.07, 6.45) is -11.5. The molecule has 0 aliphatic rings. The van der Waals surface area contributed by atoms with Crippen LogP contribution in [0.1, 0.15) is 26.7 Å². The summed E-state index contributed by atoms with van der Waals surface area (Å²) >= 11 is 0. The zero-order valence-electron chi connectivity index (χ0n) is 13.0. The zero-order chi connectivity index (χ0) is 21.4. The van der Waals surface area contributed by atoms with Crippen LogP contribution in [0.4, 0.5) is 52.7 Å². The van der Waals surface area contributed by atoms with Gasteiger partial charge in [-0.25, -0.2) is 9.18 Å². The molecule has 156 valence electrons. The molecule has 26 heavy (non-hydrogen) atoms. The Morgan fingerprint density at radius 2 is 1.19 bits per heavy atom. The number of hydrogen-bond donors (Lipinski definition) is 0. The van der Waals surface area contributed by atoms with Crippen molar-refractivity contribution in [1.29, 1.82) is 0 Å². The number of rotatable bonds is 8. The summed E-state index contributed by atoms with van der Waals surface area (Å²) < 4.78 is 156. The lowest BCUT2D eigenvalue weighted by Crippen LogP contribution is -2.57. The molecule has 1 atom stereocenters. The minimum absolute atomic E-state index is 0.518. The third-order valence-electron chi connectivity index (χ3n) is 3.27. The monoisotopic (exact) mass is 416 g/mol. The minimum Gasteiger partial charge on any atom is -0.457 e. The average Bonchev–Trinajstić information content (AvgIpc) is 2.41. The second-order valence-electron chi connectivity index (χ2n) is 5.49. The van der Waals surface area contributed by atoms with Gasteiger partial charge in [0.2, 0.25) is 5.67 Å². The lowest BCUT2D eigenvalue weighted by atomic mass is 9.99. The molecular weight excluding hydrogens is 404 g/mol. The maximum Gasteiger partial charge on any atom is 0.459 e. The van der Waals surface area contributed by atoms with Crippen LogP contribution in [0.3, 0.4) is 0 Å². The largest absolute Gasteiger partial charge is 0.459 e. The fourth-order valence-corrected chi connectivity index (χ4v) is 1.28. The van der Waals surface area contributed by atoms with Crippen LogP contribution in [-0.4, -0.2) is 48.1 Å². The summed E-state index contributed by atoms with van der Waals surface area (Å²) in [4.78, 5) is 11.1. The molecule has 0 aromatic rings. The maximum atomic E-state index is 13.4. The zero-order valence-corrected chi connectivity index (χ0v) is 13.0. The standard InChI is InChI=1S/C12H12F12O2/c1-3-7(2,13)6(25)26-5-10(18,19)8(14,15)4-9(16,17)11(20,21)12(22,23)24/h3-5H2,1-2H3. The Morgan fingerprint density at radius 1 is 0.769 bits per heavy atom. The van der Waals surface area contributed by atoms with E-state index in [1.807, 2.05) is 0 Å². The van der Waals surface area contributed by atoms with Crippen molar-refractivity contribution in [2.24, 2.45) is 0 Å². The van der Waals surface area contributed by atoms with Gasteiger partial charge in [-0.3, -0.25) is 0 Å². The molecule has 0 saturated carbocycles. The van der Waals surface area contributed by atoms with Gasteiger partial charge < -0.3 is 4.74 Å². The van der Waals surface area contributed by atoms with Gasteiger partial charge in [-0.15, -0.1) is 0 Å². The van der Waals surface area contributed by atoms with Gasteiger partial charge in [0.1, 0.15) is 0 Å². The molecule has 0 rings (SSSR count). The molecule has 1 unspecified atom stereocenters. The molecule has 0 radical (unpaired) electrons. The average molecular weight is 416 g/mol. The Hall–Kier alpha value is -1.37. The normalized spacial score (nSPS) is 17.0. The van der Waals surface area contributed by atoms with Gasteiger partial charge in [0.25, 0.3) is 0 Å². The van der Waals surface area contributed by atoms with Crippen LogP contribution in [0.2, 0.25) is 0 Å². The summed E-state index contributed by atoms with van der Waals surface area (Å²) in [7, 11) is 0. The molecule has 0 aromatic heterocycles. The Bertz CT molecular complexity index is 509. The number of hydrogen-bond acceptors (Lipinski definition) is 2. The SMILES string of the molecule is CCC(C)(F)C(=O)OCC(F)(F)C(F)(F)CC(F)(F)C(F)(F)C(F)(F)F. The number of halogens is 12. The first-order valence-electron chi connectivity index (χ1n) is 6.59. The molecule has 14 heteroatoms. The Balaban J connectivity index is 5.38. The summed E-state index contributed by atoms with van der Waals surface area (Å²) in [6.45, 7) is -1.16. The Kier molecular flexibility index (Phi) is 6.61. The number of alkyl halides is 12. The minimum atomic E-state index is -7.03. The molecule has 0 aliphatic heterocycles. The van der Waals surface area contributed by atoms with Crippen molar-refractivity contribution in [3.63, 3.8) is 0 Å². The summed E-state index contributed by atoms with van der Waals surface area (Å²) in [5.74, 6) is -27.7. The van der Waals surface area contributed by atoms with E-state index in [1.54, 1.807) is 0 Å². The van der Waals surface area contributed by atoms with Crippen LogP contribution in [0.15, 0.2) is 0 Å². The Labute approximate surface area is 138 Å². The van der Waals surface area contributed by atoms with E-state index in [4.69, 9.17) is 0 Å². The quantitative estimate of drug-likeness (QED) is 0.404. The highest BCUT2D eigenvalue weighted by Gasteiger charge is 2.76. The van der Waals surface area contributed by atoms with Crippen molar-refractivity contribution in [2.45, 2.75) is 62.2 Å². The second kappa shape index (κ2) is 6.98. The van der Waals surface area contributed by atoms with Crippen molar-refractivity contribution in [1.82, 2.24) is 0 Å². The predicted octanol–water partition coefficient (Wildman–Crippen LogP) is 5.16. The smallest absolute Gasteiger partial charge is 0.457 e. The Morgan fingerprint density at radius 3 is 1.54 bits per heavy atom. The van der Waals surface area contributed by atoms with Gasteiger partial charge in [-0.05, 0) is 13.3 Å². The summed E-state index contributed by atoms with van der Waals surface area (Å²) in [5.41, 5.74) is -2.90. The van der Waals surface area contributed by atoms with Crippen LogP contribution in [0.25, 0.3) is 0 Å². The third kappa shape index (κ3) is 4.87. The summed E-state index contributed by atoms with van der Waals surface area (Å²) in [6, 6.07) is 0. The predicted molar refractivity (Wildman–Crippen MR) is 61.2 cm³/mol. The van der Waals surface area contributed by atoms with Crippen LogP contribution in [-0.2, 0) is 9.53 Å². The fourth-order valence-electron chi connectivity index (χ4n) is 1.28. The number of esters is 1. The van der Waals surface area contributed by atoms with E-state index in [9.17, 15) is 57.5 Å². The van der Waals surface area contributed by atoms with Crippen LogP contribution in [0.5, 0.6) is 0 Å². The van der Waals surface area contributed by atoms with E-state index < -0.39 is 61.0 Å². The highest BCUT2D eigenvalue weighted by atomic mass is 19.4. The lowest BCUT2D eigenvalue weighted by molar-refractivity contribution is -0.371. The van der Waals surface area contributed by atoms with E-state index >= 15 is 0 Å². The molecule has 0 spiro atoms. The van der Waals surface area contributed by atoms with E-state index in [1.165, 1.54) is 0 Å². The molecule has 0 fully saturated rings. The topological polar surface area (TPSA) is 26.3 Å². The molecule has 0 amide bonds. The molecule has 0 N–H and O–H groups in total. The van der Waals surface area contributed by atoms with E-state index in [2.05, 4.69) is 4.74 Å². The van der Waals surface area contributed by atoms with Crippen molar-refractivity contribution in [3.05, 3.63) is 0 Å². The third-order valence-corrected chi connectivity index (χ3v) is 3.27. The van der Waals surface area contributed by atoms with Gasteiger partial charge in [0.05, 0.1) is 6.42 Å². The van der Waals surface area contributed by atoms with Gasteiger partial charge in [-0.1, -0.05) is 6.92 Å². The van der Waals surface area contributed by atoms with Crippen molar-refractivity contribution in [3.8, 4) is 0 Å². The highest BCUT2D eigenvalue weighted by Crippen LogP contribution is 2.52. The van der Waals surface area contributed by atoms with Gasteiger partial charge in [0.15, 0.2) is 6.61 Å².